The highest BCUT2D eigenvalue weighted by Crippen LogP contribution is 2.36. The predicted octanol–water partition coefficient (Wildman–Crippen LogP) is 3.18. The van der Waals surface area contributed by atoms with Crippen LogP contribution in [-0.4, -0.2) is 19.4 Å². The standard InChI is InChI=1S/C16H15BrFN3O3/c1-23-14-7-10(8-20-21-16(19)22)6-12(17)15(14)24-9-11-4-2-3-5-13(11)18/h2-8H,9H2,1H3,(H3,19,21,22)/b20-8-. The molecule has 0 aliphatic rings. The van der Waals surface area contributed by atoms with Gasteiger partial charge in [0.15, 0.2) is 11.5 Å². The number of nitrogens with two attached hydrogens (primary N) is 1. The van der Waals surface area contributed by atoms with Crippen LogP contribution >= 0.6 is 15.9 Å². The van der Waals surface area contributed by atoms with Crippen molar-refractivity contribution in [3.05, 3.63) is 57.8 Å². The summed E-state index contributed by atoms with van der Waals surface area (Å²) in [4.78, 5) is 10.6. The van der Waals surface area contributed by atoms with Gasteiger partial charge in [-0.3, -0.25) is 0 Å². The fraction of sp³-hybridized carbons (Fsp3) is 0.125. The molecule has 3 N–H and O–H groups in total. The number of nitrogens with one attached hydrogen (secondary N) is 1. The minimum atomic E-state index is -0.762. The van der Waals surface area contributed by atoms with Crippen molar-refractivity contribution < 1.29 is 18.7 Å². The van der Waals surface area contributed by atoms with Gasteiger partial charge < -0.3 is 15.2 Å². The molecule has 0 aromatic heterocycles. The molecule has 2 rings (SSSR count). The van der Waals surface area contributed by atoms with E-state index in [1.165, 1.54) is 19.4 Å². The molecule has 0 aliphatic carbocycles. The van der Waals surface area contributed by atoms with Crippen LogP contribution in [0.1, 0.15) is 11.1 Å². The summed E-state index contributed by atoms with van der Waals surface area (Å²) in [6.07, 6.45) is 1.40. The number of hydrogen-bond acceptors (Lipinski definition) is 4. The summed E-state index contributed by atoms with van der Waals surface area (Å²) >= 11 is 3.38. The first kappa shape index (κ1) is 17.7. The van der Waals surface area contributed by atoms with Crippen LogP contribution < -0.4 is 20.6 Å². The number of primary amides is 1. The smallest absolute Gasteiger partial charge is 0.332 e. The van der Waals surface area contributed by atoms with E-state index >= 15 is 0 Å². The van der Waals surface area contributed by atoms with Crippen molar-refractivity contribution in [2.24, 2.45) is 10.8 Å². The van der Waals surface area contributed by atoms with Gasteiger partial charge in [-0.15, -0.1) is 0 Å². The Hall–Kier alpha value is -2.61. The fourth-order valence-electron chi connectivity index (χ4n) is 1.89. The number of benzene rings is 2. The molecular formula is C16H15BrFN3O3. The monoisotopic (exact) mass is 395 g/mol. The molecule has 24 heavy (non-hydrogen) atoms. The first-order valence-electron chi connectivity index (χ1n) is 6.83. The van der Waals surface area contributed by atoms with E-state index in [0.29, 0.717) is 27.1 Å². The molecule has 0 bridgehead atoms. The summed E-state index contributed by atoms with van der Waals surface area (Å²) in [6.45, 7) is 0.0539. The van der Waals surface area contributed by atoms with Gasteiger partial charge in [-0.2, -0.15) is 5.10 Å². The molecule has 2 aromatic carbocycles. The second-order valence-corrected chi connectivity index (χ2v) is 5.50. The third-order valence-electron chi connectivity index (χ3n) is 2.97. The molecule has 2 amide bonds. The normalized spacial score (nSPS) is 10.6. The van der Waals surface area contributed by atoms with E-state index < -0.39 is 6.03 Å². The van der Waals surface area contributed by atoms with Gasteiger partial charge in [-0.05, 0) is 39.7 Å². The molecule has 0 fully saturated rings. The second-order valence-electron chi connectivity index (χ2n) is 4.65. The van der Waals surface area contributed by atoms with E-state index in [0.717, 1.165) is 0 Å². The van der Waals surface area contributed by atoms with Crippen LogP contribution in [0, 0.1) is 5.82 Å². The minimum Gasteiger partial charge on any atom is -0.493 e. The van der Waals surface area contributed by atoms with Gasteiger partial charge in [0.25, 0.3) is 0 Å². The maximum Gasteiger partial charge on any atom is 0.332 e. The topological polar surface area (TPSA) is 85.9 Å². The Bertz CT molecular complexity index is 768. The summed E-state index contributed by atoms with van der Waals surface area (Å²) in [5.41, 5.74) is 8.10. The van der Waals surface area contributed by atoms with Crippen molar-refractivity contribution in [1.82, 2.24) is 5.43 Å². The first-order chi connectivity index (χ1) is 11.5. The van der Waals surface area contributed by atoms with Gasteiger partial charge in [0.1, 0.15) is 12.4 Å². The summed E-state index contributed by atoms with van der Waals surface area (Å²) in [5, 5.41) is 3.68. The van der Waals surface area contributed by atoms with Gasteiger partial charge in [0.05, 0.1) is 17.8 Å². The number of hydrogen-bond donors (Lipinski definition) is 2. The lowest BCUT2D eigenvalue weighted by Crippen LogP contribution is -2.24. The zero-order valence-electron chi connectivity index (χ0n) is 12.8. The number of rotatable bonds is 6. The van der Waals surface area contributed by atoms with E-state index in [2.05, 4.69) is 26.5 Å². The molecule has 0 aliphatic heterocycles. The number of urea groups is 1. The molecule has 0 saturated heterocycles. The molecule has 0 spiro atoms. The predicted molar refractivity (Wildman–Crippen MR) is 91.7 cm³/mol. The third-order valence-corrected chi connectivity index (χ3v) is 3.56. The number of carbonyl (C=O) groups excluding carboxylic acids is 1. The Labute approximate surface area is 146 Å². The molecule has 0 radical (unpaired) electrons. The lowest BCUT2D eigenvalue weighted by Gasteiger charge is -2.13. The highest BCUT2D eigenvalue weighted by molar-refractivity contribution is 9.10. The summed E-state index contributed by atoms with van der Waals surface area (Å²) < 4.78 is 25.2. The van der Waals surface area contributed by atoms with Gasteiger partial charge in [-0.25, -0.2) is 14.6 Å². The number of ether oxygens (including phenoxy) is 2. The Morgan fingerprint density at radius 2 is 2.17 bits per heavy atom. The van der Waals surface area contributed by atoms with Crippen LogP contribution in [0.4, 0.5) is 9.18 Å². The molecular weight excluding hydrogens is 381 g/mol. The SMILES string of the molecule is COc1cc(/C=N\NC(N)=O)cc(Br)c1OCc1ccccc1F. The second kappa shape index (κ2) is 8.30. The maximum absolute atomic E-state index is 13.7. The van der Waals surface area contributed by atoms with Crippen LogP contribution in [-0.2, 0) is 6.61 Å². The molecule has 0 saturated carbocycles. The van der Waals surface area contributed by atoms with Crippen molar-refractivity contribution in [1.29, 1.82) is 0 Å². The molecule has 0 unspecified atom stereocenters. The van der Waals surface area contributed by atoms with E-state index in [1.807, 2.05) is 0 Å². The summed E-state index contributed by atoms with van der Waals surface area (Å²) in [6, 6.07) is 8.98. The van der Waals surface area contributed by atoms with Gasteiger partial charge in [0, 0.05) is 5.56 Å². The van der Waals surface area contributed by atoms with Crippen LogP contribution in [0.2, 0.25) is 0 Å². The molecule has 6 nitrogen and oxygen atoms in total. The Morgan fingerprint density at radius 3 is 2.83 bits per heavy atom. The third kappa shape index (κ3) is 4.69. The zero-order valence-corrected chi connectivity index (χ0v) is 14.3. The van der Waals surface area contributed by atoms with Crippen LogP contribution in [0.3, 0.4) is 0 Å². The van der Waals surface area contributed by atoms with E-state index in [4.69, 9.17) is 15.2 Å². The molecule has 0 heterocycles. The fourth-order valence-corrected chi connectivity index (χ4v) is 2.46. The maximum atomic E-state index is 13.7. The average molecular weight is 396 g/mol. The van der Waals surface area contributed by atoms with Crippen molar-refractivity contribution in [2.75, 3.05) is 7.11 Å². The quantitative estimate of drug-likeness (QED) is 0.581. The number of carbonyl (C=O) groups is 1. The van der Waals surface area contributed by atoms with E-state index in [1.54, 1.807) is 30.3 Å². The van der Waals surface area contributed by atoms with Gasteiger partial charge in [-0.1, -0.05) is 18.2 Å². The van der Waals surface area contributed by atoms with E-state index in [-0.39, 0.29) is 12.4 Å². The Morgan fingerprint density at radius 1 is 1.42 bits per heavy atom. The number of halogens is 2. The van der Waals surface area contributed by atoms with E-state index in [9.17, 15) is 9.18 Å². The minimum absolute atomic E-state index is 0.0539. The zero-order chi connectivity index (χ0) is 17.5. The highest BCUT2D eigenvalue weighted by atomic mass is 79.9. The van der Waals surface area contributed by atoms with Crippen molar-refractivity contribution in [3.63, 3.8) is 0 Å². The lowest BCUT2D eigenvalue weighted by atomic mass is 10.2. The number of nitrogens with zero attached hydrogens (tertiary/aromatic N) is 1. The molecule has 8 heteroatoms. The van der Waals surface area contributed by atoms with Gasteiger partial charge >= 0.3 is 6.03 Å². The molecule has 2 aromatic rings. The van der Waals surface area contributed by atoms with Crippen LogP contribution in [0.15, 0.2) is 46.0 Å². The average Bonchev–Trinajstić information content (AvgIpc) is 2.54. The Balaban J connectivity index is 2.19. The Kier molecular flexibility index (Phi) is 6.14. The van der Waals surface area contributed by atoms with Crippen molar-refractivity contribution in [3.8, 4) is 11.5 Å². The van der Waals surface area contributed by atoms with Crippen LogP contribution in [0.5, 0.6) is 11.5 Å². The summed E-state index contributed by atoms with van der Waals surface area (Å²) in [7, 11) is 1.49. The summed E-state index contributed by atoms with van der Waals surface area (Å²) in [5.74, 6) is 0.524. The first-order valence-corrected chi connectivity index (χ1v) is 7.63. The number of hydrazone groups is 1. The van der Waals surface area contributed by atoms with Crippen LogP contribution in [0.25, 0.3) is 0 Å². The lowest BCUT2D eigenvalue weighted by molar-refractivity contribution is 0.249. The van der Waals surface area contributed by atoms with Crippen molar-refractivity contribution in [2.45, 2.75) is 6.61 Å². The highest BCUT2D eigenvalue weighted by Gasteiger charge is 2.12. The van der Waals surface area contributed by atoms with Gasteiger partial charge in [0.2, 0.25) is 0 Å². The number of methoxy groups -OCH3 is 1. The number of amides is 2. The molecule has 0 atom stereocenters. The van der Waals surface area contributed by atoms with Crippen molar-refractivity contribution >= 4 is 28.2 Å². The largest absolute Gasteiger partial charge is 0.493 e. The molecule has 126 valence electrons.